The summed E-state index contributed by atoms with van der Waals surface area (Å²) in [6.07, 6.45) is 3.40. The van der Waals surface area contributed by atoms with E-state index in [1.807, 2.05) is 12.1 Å². The van der Waals surface area contributed by atoms with E-state index in [1.54, 1.807) is 0 Å². The third-order valence-corrected chi connectivity index (χ3v) is 4.63. The summed E-state index contributed by atoms with van der Waals surface area (Å²) in [5.74, 6) is 1.71. The monoisotopic (exact) mass is 277 g/mol. The highest BCUT2D eigenvalue weighted by molar-refractivity contribution is 5.47. The summed E-state index contributed by atoms with van der Waals surface area (Å²) in [7, 11) is 0. The fourth-order valence-electron chi connectivity index (χ4n) is 3.28. The first kappa shape index (κ1) is 13.7. The SMILES string of the molecule is CC1(CO)CCCC1NCc1cccc2c1OCCO2. The minimum absolute atomic E-state index is 0.00615. The van der Waals surface area contributed by atoms with E-state index in [0.29, 0.717) is 19.3 Å². The number of hydrogen-bond acceptors (Lipinski definition) is 4. The standard InChI is InChI=1S/C16H23NO3/c1-16(11-18)7-3-6-14(16)17-10-12-4-2-5-13-15(12)20-9-8-19-13/h2,4-5,14,17-18H,3,6-11H2,1H3. The summed E-state index contributed by atoms with van der Waals surface area (Å²) >= 11 is 0. The fraction of sp³-hybridized carbons (Fsp3) is 0.625. The topological polar surface area (TPSA) is 50.7 Å². The Labute approximate surface area is 120 Å². The van der Waals surface area contributed by atoms with Gasteiger partial charge in [0.05, 0.1) is 0 Å². The molecule has 0 spiro atoms. The highest BCUT2D eigenvalue weighted by Crippen LogP contribution is 2.38. The van der Waals surface area contributed by atoms with E-state index in [4.69, 9.17) is 9.47 Å². The van der Waals surface area contributed by atoms with Gasteiger partial charge in [-0.2, -0.15) is 0 Å². The van der Waals surface area contributed by atoms with Gasteiger partial charge in [-0.15, -0.1) is 0 Å². The van der Waals surface area contributed by atoms with Gasteiger partial charge < -0.3 is 19.9 Å². The molecule has 2 atom stereocenters. The van der Waals surface area contributed by atoms with Crippen LogP contribution in [0.3, 0.4) is 0 Å². The van der Waals surface area contributed by atoms with E-state index in [-0.39, 0.29) is 12.0 Å². The smallest absolute Gasteiger partial charge is 0.165 e. The van der Waals surface area contributed by atoms with E-state index in [1.165, 1.54) is 6.42 Å². The van der Waals surface area contributed by atoms with E-state index in [9.17, 15) is 5.11 Å². The lowest BCUT2D eigenvalue weighted by Gasteiger charge is -2.30. The molecular formula is C16H23NO3. The molecule has 1 fully saturated rings. The molecule has 0 bridgehead atoms. The van der Waals surface area contributed by atoms with Gasteiger partial charge in [0, 0.05) is 30.2 Å². The molecule has 1 aromatic carbocycles. The zero-order valence-corrected chi connectivity index (χ0v) is 12.0. The van der Waals surface area contributed by atoms with Gasteiger partial charge >= 0.3 is 0 Å². The fourth-order valence-corrected chi connectivity index (χ4v) is 3.28. The van der Waals surface area contributed by atoms with E-state index in [0.717, 1.165) is 36.4 Å². The Morgan fingerprint density at radius 3 is 3.05 bits per heavy atom. The van der Waals surface area contributed by atoms with Crippen molar-refractivity contribution in [1.29, 1.82) is 0 Å². The highest BCUT2D eigenvalue weighted by atomic mass is 16.6. The molecule has 1 saturated carbocycles. The van der Waals surface area contributed by atoms with E-state index >= 15 is 0 Å². The van der Waals surface area contributed by atoms with Crippen LogP contribution in [0.15, 0.2) is 18.2 Å². The number of para-hydroxylation sites is 1. The lowest BCUT2D eigenvalue weighted by atomic mass is 9.85. The van der Waals surface area contributed by atoms with E-state index < -0.39 is 0 Å². The van der Waals surface area contributed by atoms with Gasteiger partial charge in [0.15, 0.2) is 11.5 Å². The second kappa shape index (κ2) is 5.62. The van der Waals surface area contributed by atoms with Crippen molar-refractivity contribution in [2.75, 3.05) is 19.8 Å². The average Bonchev–Trinajstić information content (AvgIpc) is 2.87. The summed E-state index contributed by atoms with van der Waals surface area (Å²) in [5, 5.41) is 13.2. The number of aliphatic hydroxyl groups is 1. The summed E-state index contributed by atoms with van der Waals surface area (Å²) in [6.45, 7) is 4.40. The first-order valence-corrected chi connectivity index (χ1v) is 7.45. The first-order valence-electron chi connectivity index (χ1n) is 7.45. The van der Waals surface area contributed by atoms with Gasteiger partial charge in [-0.1, -0.05) is 25.5 Å². The van der Waals surface area contributed by atoms with Crippen LogP contribution >= 0.6 is 0 Å². The number of benzene rings is 1. The molecule has 0 aromatic heterocycles. The van der Waals surface area contributed by atoms with Crippen LogP contribution in [-0.4, -0.2) is 31.0 Å². The number of hydrogen-bond donors (Lipinski definition) is 2. The molecule has 2 aliphatic rings. The van der Waals surface area contributed by atoms with Gasteiger partial charge in [0.2, 0.25) is 0 Å². The second-order valence-electron chi connectivity index (χ2n) is 6.08. The molecule has 0 saturated heterocycles. The molecule has 3 rings (SSSR count). The van der Waals surface area contributed by atoms with Crippen LogP contribution < -0.4 is 14.8 Å². The van der Waals surface area contributed by atoms with Crippen LogP contribution in [0.1, 0.15) is 31.7 Å². The highest BCUT2D eigenvalue weighted by Gasteiger charge is 2.37. The lowest BCUT2D eigenvalue weighted by Crippen LogP contribution is -2.41. The van der Waals surface area contributed by atoms with Crippen LogP contribution in [-0.2, 0) is 6.54 Å². The predicted molar refractivity (Wildman–Crippen MR) is 77.1 cm³/mol. The molecule has 110 valence electrons. The number of nitrogens with one attached hydrogen (secondary N) is 1. The molecule has 4 heteroatoms. The summed E-state index contributed by atoms with van der Waals surface area (Å²) < 4.78 is 11.3. The van der Waals surface area contributed by atoms with Crippen LogP contribution in [0, 0.1) is 5.41 Å². The molecule has 1 aliphatic heterocycles. The zero-order valence-electron chi connectivity index (χ0n) is 12.0. The van der Waals surface area contributed by atoms with Gasteiger partial charge in [-0.05, 0) is 18.9 Å². The zero-order chi connectivity index (χ0) is 14.0. The van der Waals surface area contributed by atoms with Crippen molar-refractivity contribution in [3.63, 3.8) is 0 Å². The Morgan fingerprint density at radius 2 is 2.20 bits per heavy atom. The molecule has 4 nitrogen and oxygen atoms in total. The minimum Gasteiger partial charge on any atom is -0.486 e. The Hall–Kier alpha value is -1.26. The summed E-state index contributed by atoms with van der Waals surface area (Å²) in [4.78, 5) is 0. The Kier molecular flexibility index (Phi) is 3.85. The maximum atomic E-state index is 9.60. The van der Waals surface area contributed by atoms with Crippen molar-refractivity contribution in [2.24, 2.45) is 5.41 Å². The summed E-state index contributed by atoms with van der Waals surface area (Å²) in [5.41, 5.74) is 1.14. The maximum absolute atomic E-state index is 9.60. The maximum Gasteiger partial charge on any atom is 0.165 e. The van der Waals surface area contributed by atoms with Crippen molar-refractivity contribution in [3.8, 4) is 11.5 Å². The van der Waals surface area contributed by atoms with Gasteiger partial charge in [0.1, 0.15) is 13.2 Å². The lowest BCUT2D eigenvalue weighted by molar-refractivity contribution is 0.117. The summed E-state index contributed by atoms with van der Waals surface area (Å²) in [6, 6.07) is 6.40. The van der Waals surface area contributed by atoms with Crippen LogP contribution in [0.2, 0.25) is 0 Å². The van der Waals surface area contributed by atoms with Gasteiger partial charge in [0.25, 0.3) is 0 Å². The Morgan fingerprint density at radius 1 is 1.35 bits per heavy atom. The van der Waals surface area contributed by atoms with Crippen molar-refractivity contribution in [1.82, 2.24) is 5.32 Å². The molecule has 1 aromatic rings. The quantitative estimate of drug-likeness (QED) is 0.885. The number of aliphatic hydroxyl groups excluding tert-OH is 1. The Balaban J connectivity index is 1.70. The third-order valence-electron chi connectivity index (χ3n) is 4.63. The van der Waals surface area contributed by atoms with Gasteiger partial charge in [-0.25, -0.2) is 0 Å². The van der Waals surface area contributed by atoms with Crippen LogP contribution in [0.25, 0.3) is 0 Å². The molecule has 0 amide bonds. The largest absolute Gasteiger partial charge is 0.486 e. The molecule has 2 N–H and O–H groups in total. The molecule has 2 unspecified atom stereocenters. The van der Waals surface area contributed by atoms with Crippen molar-refractivity contribution < 1.29 is 14.6 Å². The first-order chi connectivity index (χ1) is 9.73. The average molecular weight is 277 g/mol. The van der Waals surface area contributed by atoms with Gasteiger partial charge in [-0.3, -0.25) is 0 Å². The number of ether oxygens (including phenoxy) is 2. The van der Waals surface area contributed by atoms with Crippen molar-refractivity contribution in [3.05, 3.63) is 23.8 Å². The normalized spacial score (nSPS) is 28.6. The third kappa shape index (κ3) is 2.50. The van der Waals surface area contributed by atoms with Crippen LogP contribution in [0.5, 0.6) is 11.5 Å². The van der Waals surface area contributed by atoms with E-state index in [2.05, 4.69) is 18.3 Å². The molecule has 0 radical (unpaired) electrons. The number of rotatable bonds is 4. The molecule has 1 heterocycles. The minimum atomic E-state index is 0.00615. The predicted octanol–water partition coefficient (Wildman–Crippen LogP) is 2.10. The second-order valence-corrected chi connectivity index (χ2v) is 6.08. The Bertz CT molecular complexity index is 477. The number of fused-ring (bicyclic) bond motifs is 1. The van der Waals surface area contributed by atoms with Crippen LogP contribution in [0.4, 0.5) is 0 Å². The van der Waals surface area contributed by atoms with Crippen molar-refractivity contribution >= 4 is 0 Å². The molecular weight excluding hydrogens is 254 g/mol. The molecule has 20 heavy (non-hydrogen) atoms. The molecule has 1 aliphatic carbocycles. The van der Waals surface area contributed by atoms with Crippen molar-refractivity contribution in [2.45, 2.75) is 38.8 Å².